The normalized spacial score (nSPS) is 15.2. The molecule has 3 amide bonds. The van der Waals surface area contributed by atoms with E-state index in [1.807, 2.05) is 0 Å². The van der Waals surface area contributed by atoms with Crippen LogP contribution in [-0.4, -0.2) is 41.5 Å². The highest BCUT2D eigenvalue weighted by atomic mass is 32.1. The van der Waals surface area contributed by atoms with Crippen LogP contribution in [0, 0.1) is 5.92 Å². The number of ether oxygens (including phenoxy) is 1. The summed E-state index contributed by atoms with van der Waals surface area (Å²) in [6, 6.07) is 4.77. The Labute approximate surface area is 168 Å². The van der Waals surface area contributed by atoms with Gasteiger partial charge in [0.1, 0.15) is 10.6 Å². The molecule has 0 radical (unpaired) electrons. The van der Waals surface area contributed by atoms with Crippen molar-refractivity contribution in [3.8, 4) is 5.75 Å². The maximum atomic E-state index is 13.0. The van der Waals surface area contributed by atoms with Crippen LogP contribution in [0.1, 0.15) is 28.1 Å². The third-order valence-electron chi connectivity index (χ3n) is 4.53. The van der Waals surface area contributed by atoms with Crippen molar-refractivity contribution in [2.45, 2.75) is 19.0 Å². The summed E-state index contributed by atoms with van der Waals surface area (Å²) >= 11 is 0.987. The zero-order valence-corrected chi connectivity index (χ0v) is 16.1. The van der Waals surface area contributed by atoms with Gasteiger partial charge in [0.25, 0.3) is 5.91 Å². The zero-order chi connectivity index (χ0) is 21.0. The highest BCUT2D eigenvalue weighted by molar-refractivity contribution is 7.17. The molecular weight excluding hydrogens is 409 g/mol. The van der Waals surface area contributed by atoms with E-state index in [0.717, 1.165) is 17.4 Å². The van der Waals surface area contributed by atoms with Crippen LogP contribution in [0.15, 0.2) is 30.5 Å². The van der Waals surface area contributed by atoms with Gasteiger partial charge in [0.2, 0.25) is 0 Å². The number of carbonyl (C=O) groups is 2. The second-order valence-corrected chi connectivity index (χ2v) is 7.59. The summed E-state index contributed by atoms with van der Waals surface area (Å²) in [5.41, 5.74) is 4.36. The van der Waals surface area contributed by atoms with Gasteiger partial charge in [0.15, 0.2) is 5.13 Å². The molecule has 0 saturated carbocycles. The molecule has 0 aliphatic carbocycles. The fourth-order valence-electron chi connectivity index (χ4n) is 2.95. The molecular formula is C18H19F3N4O3S. The minimum atomic E-state index is -4.47. The molecule has 2 aromatic rings. The summed E-state index contributed by atoms with van der Waals surface area (Å²) in [7, 11) is 0. The van der Waals surface area contributed by atoms with Gasteiger partial charge in [-0.25, -0.2) is 9.78 Å². The molecule has 0 atom stereocenters. The van der Waals surface area contributed by atoms with Gasteiger partial charge in [0.05, 0.1) is 18.4 Å². The van der Waals surface area contributed by atoms with E-state index in [0.29, 0.717) is 25.9 Å². The molecule has 1 aromatic heterocycles. The largest absolute Gasteiger partial charge is 0.493 e. The fourth-order valence-corrected chi connectivity index (χ4v) is 3.61. The average molecular weight is 428 g/mol. The number of halogens is 3. The third-order valence-corrected chi connectivity index (χ3v) is 5.46. The van der Waals surface area contributed by atoms with E-state index in [1.54, 1.807) is 4.90 Å². The molecule has 1 aromatic carbocycles. The maximum Gasteiger partial charge on any atom is 0.419 e. The molecule has 1 saturated heterocycles. The Morgan fingerprint density at radius 2 is 1.97 bits per heavy atom. The number of anilines is 1. The van der Waals surface area contributed by atoms with Crippen LogP contribution in [0.25, 0.3) is 0 Å². The number of urea groups is 1. The van der Waals surface area contributed by atoms with E-state index in [1.165, 1.54) is 24.4 Å². The Kier molecular flexibility index (Phi) is 6.26. The summed E-state index contributed by atoms with van der Waals surface area (Å²) in [6.07, 6.45) is -1.97. The van der Waals surface area contributed by atoms with Crippen LogP contribution in [0.5, 0.6) is 5.75 Å². The van der Waals surface area contributed by atoms with Gasteiger partial charge < -0.3 is 15.4 Å². The first-order valence-corrected chi connectivity index (χ1v) is 9.66. The second-order valence-electron chi connectivity index (χ2n) is 6.56. The molecule has 0 unspecified atom stereocenters. The number of primary amides is 1. The predicted molar refractivity (Wildman–Crippen MR) is 101 cm³/mol. The number of nitrogens with zero attached hydrogens (tertiary/aromatic N) is 2. The number of para-hydroxylation sites is 1. The molecule has 0 spiro atoms. The minimum absolute atomic E-state index is 0.0432. The fraction of sp³-hybridized carbons (Fsp3) is 0.389. The molecule has 0 bridgehead atoms. The molecule has 1 aliphatic heterocycles. The number of thiazole rings is 1. The first-order chi connectivity index (χ1) is 13.7. The van der Waals surface area contributed by atoms with Crippen molar-refractivity contribution in [1.82, 2.24) is 9.88 Å². The van der Waals surface area contributed by atoms with Crippen molar-refractivity contribution < 1.29 is 27.5 Å². The number of aromatic nitrogens is 1. The monoisotopic (exact) mass is 428 g/mol. The van der Waals surface area contributed by atoms with Gasteiger partial charge in [-0.15, -0.1) is 0 Å². The maximum absolute atomic E-state index is 13.0. The highest BCUT2D eigenvalue weighted by Crippen LogP contribution is 2.36. The highest BCUT2D eigenvalue weighted by Gasteiger charge is 2.34. The van der Waals surface area contributed by atoms with Gasteiger partial charge in [0, 0.05) is 13.1 Å². The number of likely N-dealkylation sites (tertiary alicyclic amines) is 1. The topological polar surface area (TPSA) is 97.6 Å². The summed E-state index contributed by atoms with van der Waals surface area (Å²) < 4.78 is 44.5. The summed E-state index contributed by atoms with van der Waals surface area (Å²) in [6.45, 7) is 1.03. The van der Waals surface area contributed by atoms with Crippen LogP contribution in [0.4, 0.5) is 23.1 Å². The smallest absolute Gasteiger partial charge is 0.419 e. The number of piperidine rings is 1. The van der Waals surface area contributed by atoms with Crippen molar-refractivity contribution in [1.29, 1.82) is 0 Å². The van der Waals surface area contributed by atoms with Crippen LogP contribution in [-0.2, 0) is 6.18 Å². The first-order valence-electron chi connectivity index (χ1n) is 8.84. The number of hydrogen-bond donors (Lipinski definition) is 2. The molecule has 1 aliphatic rings. The Morgan fingerprint density at radius 1 is 1.28 bits per heavy atom. The Bertz CT molecular complexity index is 879. The second kappa shape index (κ2) is 8.68. The molecule has 3 N–H and O–H groups in total. The number of nitrogens with two attached hydrogens (primary N) is 1. The van der Waals surface area contributed by atoms with Crippen LogP contribution in [0.3, 0.4) is 0 Å². The van der Waals surface area contributed by atoms with Crippen LogP contribution >= 0.6 is 11.3 Å². The van der Waals surface area contributed by atoms with E-state index in [4.69, 9.17) is 10.5 Å². The van der Waals surface area contributed by atoms with Gasteiger partial charge in [-0.3, -0.25) is 10.1 Å². The molecule has 1 fully saturated rings. The average Bonchev–Trinajstić information content (AvgIpc) is 3.15. The Balaban J connectivity index is 1.48. The number of nitrogens with one attached hydrogen (secondary N) is 1. The van der Waals surface area contributed by atoms with E-state index >= 15 is 0 Å². The zero-order valence-electron chi connectivity index (χ0n) is 15.2. The lowest BCUT2D eigenvalue weighted by Crippen LogP contribution is -2.42. The molecule has 7 nitrogen and oxygen atoms in total. The summed E-state index contributed by atoms with van der Waals surface area (Å²) in [5, 5.41) is 2.89. The third kappa shape index (κ3) is 5.37. The number of benzene rings is 1. The standard InChI is InChI=1S/C18H19F3N4O3S/c19-18(20,21)12-3-1-2-4-13(12)28-10-11-5-7-25(8-6-11)17(27)24-16-23-9-14(29-16)15(22)26/h1-4,9,11H,5-8,10H2,(H2,22,26)(H,23,24,27). The predicted octanol–water partition coefficient (Wildman–Crippen LogP) is 3.58. The minimum Gasteiger partial charge on any atom is -0.493 e. The van der Waals surface area contributed by atoms with Crippen molar-refractivity contribution >= 4 is 28.4 Å². The molecule has 29 heavy (non-hydrogen) atoms. The lowest BCUT2D eigenvalue weighted by molar-refractivity contribution is -0.139. The number of alkyl halides is 3. The Morgan fingerprint density at radius 3 is 2.59 bits per heavy atom. The molecule has 156 valence electrons. The quantitative estimate of drug-likeness (QED) is 0.761. The Hall–Kier alpha value is -2.82. The van der Waals surface area contributed by atoms with E-state index in [-0.39, 0.29) is 34.3 Å². The van der Waals surface area contributed by atoms with Crippen molar-refractivity contribution in [3.63, 3.8) is 0 Å². The van der Waals surface area contributed by atoms with Gasteiger partial charge in [-0.1, -0.05) is 23.5 Å². The number of hydrogen-bond acceptors (Lipinski definition) is 5. The van der Waals surface area contributed by atoms with Gasteiger partial charge in [-0.2, -0.15) is 13.2 Å². The van der Waals surface area contributed by atoms with Crippen molar-refractivity contribution in [2.24, 2.45) is 11.7 Å². The van der Waals surface area contributed by atoms with E-state index < -0.39 is 17.6 Å². The molecule has 2 heterocycles. The lowest BCUT2D eigenvalue weighted by atomic mass is 9.98. The summed E-state index contributed by atoms with van der Waals surface area (Å²) in [5.74, 6) is -0.758. The lowest BCUT2D eigenvalue weighted by Gasteiger charge is -2.31. The van der Waals surface area contributed by atoms with Gasteiger partial charge >= 0.3 is 12.2 Å². The molecule has 3 rings (SSSR count). The van der Waals surface area contributed by atoms with Crippen LogP contribution < -0.4 is 15.8 Å². The molecule has 11 heteroatoms. The summed E-state index contributed by atoms with van der Waals surface area (Å²) in [4.78, 5) is 29.1. The van der Waals surface area contributed by atoms with Crippen LogP contribution in [0.2, 0.25) is 0 Å². The SMILES string of the molecule is NC(=O)c1cnc(NC(=O)N2CCC(COc3ccccc3C(F)(F)F)CC2)s1. The number of carbonyl (C=O) groups excluding carboxylic acids is 2. The first kappa shape index (κ1) is 20.9. The van der Waals surface area contributed by atoms with Crippen molar-refractivity contribution in [3.05, 3.63) is 40.9 Å². The number of amides is 3. The van der Waals surface area contributed by atoms with Crippen molar-refractivity contribution in [2.75, 3.05) is 25.0 Å². The van der Waals surface area contributed by atoms with E-state index in [2.05, 4.69) is 10.3 Å². The number of rotatable bonds is 5. The van der Waals surface area contributed by atoms with Gasteiger partial charge in [-0.05, 0) is 30.9 Å². The van der Waals surface area contributed by atoms with E-state index in [9.17, 15) is 22.8 Å².